The van der Waals surface area contributed by atoms with Gasteiger partial charge in [0, 0.05) is 39.4 Å². The third-order valence-corrected chi connectivity index (χ3v) is 6.63. The molecule has 1 fully saturated rings. The van der Waals surface area contributed by atoms with E-state index in [1.54, 1.807) is 7.11 Å². The standard InChI is InChI=1S/C26H41N5O3/c1-18(2)17-30(22-14-21(20(4)32)15-27-16-22)26(33)25-24(12-8-9-13-34-5)31(29-28-25)23-11-7-6-10-19(23)3/h6-7,10-11,18,20-22,27,32H,8-9,12-17H2,1-5H3/t20?,21-,22+/m1/s1. The van der Waals surface area contributed by atoms with Crippen LogP contribution in [0.25, 0.3) is 5.69 Å². The number of piperidine rings is 1. The molecule has 2 heterocycles. The van der Waals surface area contributed by atoms with E-state index in [1.807, 2.05) is 47.7 Å². The molecule has 1 unspecified atom stereocenters. The van der Waals surface area contributed by atoms with Gasteiger partial charge in [-0.2, -0.15) is 0 Å². The molecule has 0 bridgehead atoms. The Hall–Kier alpha value is -2.29. The Labute approximate surface area is 203 Å². The number of aliphatic hydroxyl groups is 1. The number of aromatic nitrogens is 3. The first kappa shape index (κ1) is 26.3. The number of carbonyl (C=O) groups excluding carboxylic acids is 1. The molecule has 8 nitrogen and oxygen atoms in total. The van der Waals surface area contributed by atoms with Crippen LogP contribution < -0.4 is 5.32 Å². The predicted molar refractivity (Wildman–Crippen MR) is 133 cm³/mol. The maximum atomic E-state index is 14.0. The van der Waals surface area contributed by atoms with Crippen LogP contribution in [-0.4, -0.2) is 76.4 Å². The highest BCUT2D eigenvalue weighted by Gasteiger charge is 2.34. The van der Waals surface area contributed by atoms with Crippen LogP contribution in [0.15, 0.2) is 24.3 Å². The average Bonchev–Trinajstić information content (AvgIpc) is 3.23. The number of para-hydroxylation sites is 1. The third kappa shape index (κ3) is 6.43. The van der Waals surface area contributed by atoms with Crippen molar-refractivity contribution in [3.8, 4) is 5.69 Å². The number of aliphatic hydroxyl groups excluding tert-OH is 1. The quantitative estimate of drug-likeness (QED) is 0.490. The van der Waals surface area contributed by atoms with E-state index in [4.69, 9.17) is 4.74 Å². The van der Waals surface area contributed by atoms with E-state index >= 15 is 0 Å². The Balaban J connectivity index is 1.95. The smallest absolute Gasteiger partial charge is 0.276 e. The Bertz CT molecular complexity index is 927. The number of hydrogen-bond donors (Lipinski definition) is 2. The summed E-state index contributed by atoms with van der Waals surface area (Å²) in [5.41, 5.74) is 3.31. The van der Waals surface area contributed by atoms with Gasteiger partial charge in [0.2, 0.25) is 0 Å². The van der Waals surface area contributed by atoms with Crippen LogP contribution in [0.1, 0.15) is 61.8 Å². The van der Waals surface area contributed by atoms with Crippen molar-refractivity contribution < 1.29 is 14.6 Å². The van der Waals surface area contributed by atoms with E-state index in [0.29, 0.717) is 31.2 Å². The van der Waals surface area contributed by atoms with Crippen LogP contribution in [-0.2, 0) is 11.2 Å². The summed E-state index contributed by atoms with van der Waals surface area (Å²) >= 11 is 0. The summed E-state index contributed by atoms with van der Waals surface area (Å²) in [4.78, 5) is 15.9. The summed E-state index contributed by atoms with van der Waals surface area (Å²) in [6.45, 7) is 10.9. The molecule has 1 aromatic heterocycles. The SMILES string of the molecule is COCCCCc1c(C(=O)N(CC(C)C)[C@@H]2CNC[C@H](C(C)O)C2)nnn1-c1ccccc1C. The second-order valence-electron chi connectivity index (χ2n) is 9.93. The second-order valence-corrected chi connectivity index (χ2v) is 9.93. The highest BCUT2D eigenvalue weighted by atomic mass is 16.5. The molecule has 3 atom stereocenters. The van der Waals surface area contributed by atoms with Gasteiger partial charge in [0.1, 0.15) is 0 Å². The molecule has 1 amide bonds. The third-order valence-electron chi connectivity index (χ3n) is 6.63. The fourth-order valence-corrected chi connectivity index (χ4v) is 4.71. The number of aryl methyl sites for hydroxylation is 1. The number of nitrogens with one attached hydrogen (secondary N) is 1. The zero-order valence-corrected chi connectivity index (χ0v) is 21.3. The maximum absolute atomic E-state index is 14.0. The average molecular weight is 472 g/mol. The van der Waals surface area contributed by atoms with Gasteiger partial charge in [0.15, 0.2) is 5.69 Å². The van der Waals surface area contributed by atoms with Gasteiger partial charge in [-0.25, -0.2) is 4.68 Å². The zero-order valence-electron chi connectivity index (χ0n) is 21.3. The number of rotatable bonds is 11. The van der Waals surface area contributed by atoms with Crippen molar-refractivity contribution in [1.82, 2.24) is 25.2 Å². The predicted octanol–water partition coefficient (Wildman–Crippen LogP) is 3.00. The molecular weight excluding hydrogens is 430 g/mol. The molecule has 1 aliphatic rings. The molecule has 2 N–H and O–H groups in total. The molecule has 1 aliphatic heterocycles. The van der Waals surface area contributed by atoms with Gasteiger partial charge >= 0.3 is 0 Å². The molecule has 3 rings (SSSR count). The van der Waals surface area contributed by atoms with E-state index in [9.17, 15) is 9.90 Å². The van der Waals surface area contributed by atoms with Crippen molar-refractivity contribution in [1.29, 1.82) is 0 Å². The topological polar surface area (TPSA) is 92.5 Å². The van der Waals surface area contributed by atoms with E-state index < -0.39 is 6.10 Å². The number of methoxy groups -OCH3 is 1. The number of nitrogens with zero attached hydrogens (tertiary/aromatic N) is 4. The number of benzene rings is 1. The summed E-state index contributed by atoms with van der Waals surface area (Å²) in [6.07, 6.45) is 2.84. The van der Waals surface area contributed by atoms with E-state index in [0.717, 1.165) is 49.3 Å². The molecule has 8 heteroatoms. The molecule has 1 saturated heterocycles. The summed E-state index contributed by atoms with van der Waals surface area (Å²) in [5, 5.41) is 22.5. The molecule has 34 heavy (non-hydrogen) atoms. The highest BCUT2D eigenvalue weighted by Crippen LogP contribution is 2.24. The van der Waals surface area contributed by atoms with Crippen LogP contribution in [0.3, 0.4) is 0 Å². The summed E-state index contributed by atoms with van der Waals surface area (Å²) in [7, 11) is 1.70. The van der Waals surface area contributed by atoms with Crippen molar-refractivity contribution >= 4 is 5.91 Å². The largest absolute Gasteiger partial charge is 0.393 e. The monoisotopic (exact) mass is 471 g/mol. The van der Waals surface area contributed by atoms with Crippen LogP contribution in [0.2, 0.25) is 0 Å². The molecule has 188 valence electrons. The van der Waals surface area contributed by atoms with Crippen molar-refractivity contribution in [2.45, 2.75) is 65.5 Å². The molecule has 0 aliphatic carbocycles. The second kappa shape index (κ2) is 12.4. The summed E-state index contributed by atoms with van der Waals surface area (Å²) < 4.78 is 7.06. The Morgan fingerprint density at radius 3 is 2.71 bits per heavy atom. The van der Waals surface area contributed by atoms with Crippen LogP contribution in [0, 0.1) is 18.8 Å². The number of unbranched alkanes of at least 4 members (excludes halogenated alkanes) is 1. The minimum Gasteiger partial charge on any atom is -0.393 e. The summed E-state index contributed by atoms with van der Waals surface area (Å²) in [5.74, 6) is 0.359. The van der Waals surface area contributed by atoms with Gasteiger partial charge in [0.05, 0.1) is 17.5 Å². The lowest BCUT2D eigenvalue weighted by molar-refractivity contribution is 0.0443. The van der Waals surface area contributed by atoms with E-state index in [2.05, 4.69) is 29.5 Å². The van der Waals surface area contributed by atoms with Crippen LogP contribution >= 0.6 is 0 Å². The molecule has 0 spiro atoms. The first-order valence-electron chi connectivity index (χ1n) is 12.5. The molecule has 0 radical (unpaired) electrons. The van der Waals surface area contributed by atoms with E-state index in [1.165, 1.54) is 0 Å². The molecule has 2 aromatic rings. The lowest BCUT2D eigenvalue weighted by Crippen LogP contribution is -2.54. The first-order chi connectivity index (χ1) is 16.3. The maximum Gasteiger partial charge on any atom is 0.276 e. The van der Waals surface area contributed by atoms with Gasteiger partial charge in [-0.05, 0) is 63.0 Å². The van der Waals surface area contributed by atoms with Gasteiger partial charge in [-0.3, -0.25) is 4.79 Å². The molecule has 1 aromatic carbocycles. The fourth-order valence-electron chi connectivity index (χ4n) is 4.71. The Morgan fingerprint density at radius 1 is 1.26 bits per heavy atom. The zero-order chi connectivity index (χ0) is 24.7. The normalized spacial score (nSPS) is 19.4. The molecule has 0 saturated carbocycles. The number of hydrogen-bond acceptors (Lipinski definition) is 6. The highest BCUT2D eigenvalue weighted by molar-refractivity contribution is 5.93. The fraction of sp³-hybridized carbons (Fsp3) is 0.654. The minimum absolute atomic E-state index is 0.00760. The van der Waals surface area contributed by atoms with Crippen molar-refractivity contribution in [3.63, 3.8) is 0 Å². The van der Waals surface area contributed by atoms with Gasteiger partial charge in [0.25, 0.3) is 5.91 Å². The summed E-state index contributed by atoms with van der Waals surface area (Å²) in [6, 6.07) is 8.05. The van der Waals surface area contributed by atoms with E-state index in [-0.39, 0.29) is 17.9 Å². The van der Waals surface area contributed by atoms with Crippen molar-refractivity contribution in [2.24, 2.45) is 11.8 Å². The van der Waals surface area contributed by atoms with Gasteiger partial charge < -0.3 is 20.1 Å². The number of amides is 1. The molecular formula is C26H41N5O3. The lowest BCUT2D eigenvalue weighted by atomic mass is 9.90. The van der Waals surface area contributed by atoms with Crippen molar-refractivity contribution in [2.75, 3.05) is 33.4 Å². The van der Waals surface area contributed by atoms with Gasteiger partial charge in [-0.15, -0.1) is 5.10 Å². The Kier molecular flexibility index (Phi) is 9.62. The first-order valence-corrected chi connectivity index (χ1v) is 12.5. The van der Waals surface area contributed by atoms with Gasteiger partial charge in [-0.1, -0.05) is 37.3 Å². The van der Waals surface area contributed by atoms with Crippen molar-refractivity contribution in [3.05, 3.63) is 41.2 Å². The van der Waals surface area contributed by atoms with Crippen LogP contribution in [0.5, 0.6) is 0 Å². The Morgan fingerprint density at radius 2 is 2.03 bits per heavy atom. The number of ether oxygens (including phenoxy) is 1. The minimum atomic E-state index is -0.412. The number of carbonyl (C=O) groups is 1. The van der Waals surface area contributed by atoms with Crippen LogP contribution in [0.4, 0.5) is 0 Å². The lowest BCUT2D eigenvalue weighted by Gasteiger charge is -2.39.